The standard InChI is InChI=1S/C20H18ClN3O/c21-19-9-4-3-6-16(19)10-11-20(25)22-14-17-7-1-2-8-18(17)15-24-13-5-12-23-24/h1-13H,14-15H2,(H,22,25)/b11-10+. The third-order valence-corrected chi connectivity index (χ3v) is 4.13. The number of carbonyl (C=O) groups is 1. The van der Waals surface area contributed by atoms with Gasteiger partial charge in [0.05, 0.1) is 6.54 Å². The highest BCUT2D eigenvalue weighted by Gasteiger charge is 2.04. The maximum absolute atomic E-state index is 12.1. The normalized spacial score (nSPS) is 10.9. The molecule has 1 aromatic heterocycles. The minimum absolute atomic E-state index is 0.159. The molecule has 0 aliphatic heterocycles. The van der Waals surface area contributed by atoms with Gasteiger partial charge in [0.25, 0.3) is 0 Å². The number of benzene rings is 2. The fraction of sp³-hybridized carbons (Fsp3) is 0.100. The van der Waals surface area contributed by atoms with Crippen LogP contribution in [0.1, 0.15) is 16.7 Å². The van der Waals surface area contributed by atoms with Crippen LogP contribution in [0.2, 0.25) is 5.02 Å². The van der Waals surface area contributed by atoms with Gasteiger partial charge in [-0.1, -0.05) is 54.1 Å². The molecule has 3 rings (SSSR count). The van der Waals surface area contributed by atoms with Gasteiger partial charge in [-0.25, -0.2) is 0 Å². The Labute approximate surface area is 151 Å². The number of halogens is 1. The molecule has 0 aliphatic rings. The molecule has 3 aromatic rings. The van der Waals surface area contributed by atoms with Crippen molar-refractivity contribution in [3.05, 3.63) is 94.8 Å². The van der Waals surface area contributed by atoms with Crippen molar-refractivity contribution in [2.75, 3.05) is 0 Å². The molecule has 0 atom stereocenters. The van der Waals surface area contributed by atoms with Gasteiger partial charge in [0, 0.05) is 30.0 Å². The van der Waals surface area contributed by atoms with Crippen molar-refractivity contribution in [2.24, 2.45) is 0 Å². The average molecular weight is 352 g/mol. The summed E-state index contributed by atoms with van der Waals surface area (Å²) in [5.41, 5.74) is 3.01. The topological polar surface area (TPSA) is 46.9 Å². The van der Waals surface area contributed by atoms with Crippen molar-refractivity contribution < 1.29 is 4.79 Å². The van der Waals surface area contributed by atoms with Crippen molar-refractivity contribution in [1.29, 1.82) is 0 Å². The predicted octanol–water partition coefficient (Wildman–Crippen LogP) is 3.91. The van der Waals surface area contributed by atoms with Crippen LogP contribution in [0.25, 0.3) is 6.08 Å². The Morgan fingerprint density at radius 2 is 1.84 bits per heavy atom. The first-order valence-corrected chi connectivity index (χ1v) is 8.35. The molecule has 0 saturated heterocycles. The van der Waals surface area contributed by atoms with Crippen molar-refractivity contribution >= 4 is 23.6 Å². The first kappa shape index (κ1) is 17.0. The molecule has 5 heteroatoms. The highest BCUT2D eigenvalue weighted by Crippen LogP contribution is 2.16. The summed E-state index contributed by atoms with van der Waals surface area (Å²) in [6.45, 7) is 1.14. The van der Waals surface area contributed by atoms with Gasteiger partial charge in [0.2, 0.25) is 5.91 Å². The predicted molar refractivity (Wildman–Crippen MR) is 100 cm³/mol. The molecule has 0 saturated carbocycles. The number of nitrogens with zero attached hydrogens (tertiary/aromatic N) is 2. The van der Waals surface area contributed by atoms with Gasteiger partial charge in [-0.3, -0.25) is 9.48 Å². The Bertz CT molecular complexity index is 872. The van der Waals surface area contributed by atoms with Crippen LogP contribution in [-0.4, -0.2) is 15.7 Å². The molecule has 4 nitrogen and oxygen atoms in total. The number of rotatable bonds is 6. The summed E-state index contributed by atoms with van der Waals surface area (Å²) in [4.78, 5) is 12.1. The molecular formula is C20H18ClN3O. The van der Waals surface area contributed by atoms with Crippen LogP contribution in [0.3, 0.4) is 0 Å². The maximum Gasteiger partial charge on any atom is 0.244 e. The van der Waals surface area contributed by atoms with Crippen LogP contribution in [0.5, 0.6) is 0 Å². The van der Waals surface area contributed by atoms with Gasteiger partial charge in [-0.05, 0) is 34.9 Å². The van der Waals surface area contributed by atoms with E-state index in [-0.39, 0.29) is 5.91 Å². The lowest BCUT2D eigenvalue weighted by atomic mass is 10.1. The summed E-state index contributed by atoms with van der Waals surface area (Å²) in [7, 11) is 0. The van der Waals surface area contributed by atoms with E-state index in [2.05, 4.69) is 10.4 Å². The van der Waals surface area contributed by atoms with E-state index in [4.69, 9.17) is 11.6 Å². The molecule has 25 heavy (non-hydrogen) atoms. The lowest BCUT2D eigenvalue weighted by molar-refractivity contribution is -0.116. The van der Waals surface area contributed by atoms with E-state index in [1.165, 1.54) is 6.08 Å². The summed E-state index contributed by atoms with van der Waals surface area (Å²) < 4.78 is 1.86. The molecule has 1 amide bonds. The summed E-state index contributed by atoms with van der Waals surface area (Å²) in [5, 5.41) is 7.76. The number of hydrogen-bond acceptors (Lipinski definition) is 2. The number of hydrogen-bond donors (Lipinski definition) is 1. The molecule has 0 fully saturated rings. The summed E-state index contributed by atoms with van der Waals surface area (Å²) in [6, 6.07) is 17.3. The zero-order valence-corrected chi connectivity index (χ0v) is 14.4. The molecule has 0 aliphatic carbocycles. The molecule has 0 radical (unpaired) electrons. The Hall–Kier alpha value is -2.85. The van der Waals surface area contributed by atoms with Crippen molar-refractivity contribution in [2.45, 2.75) is 13.1 Å². The fourth-order valence-corrected chi connectivity index (χ4v) is 2.67. The third-order valence-electron chi connectivity index (χ3n) is 3.78. The van der Waals surface area contributed by atoms with Crippen LogP contribution in [0, 0.1) is 0 Å². The second-order valence-corrected chi connectivity index (χ2v) is 5.95. The van der Waals surface area contributed by atoms with Crippen LogP contribution in [-0.2, 0) is 17.9 Å². The zero-order valence-electron chi connectivity index (χ0n) is 13.6. The number of aromatic nitrogens is 2. The summed E-state index contributed by atoms with van der Waals surface area (Å²) in [5.74, 6) is -0.159. The van der Waals surface area contributed by atoms with Gasteiger partial charge in [0.1, 0.15) is 0 Å². The quantitative estimate of drug-likeness (QED) is 0.684. The van der Waals surface area contributed by atoms with Gasteiger partial charge in [-0.15, -0.1) is 0 Å². The van der Waals surface area contributed by atoms with E-state index in [0.29, 0.717) is 18.1 Å². The Balaban J connectivity index is 1.62. The van der Waals surface area contributed by atoms with Gasteiger partial charge in [0.15, 0.2) is 0 Å². The smallest absolute Gasteiger partial charge is 0.244 e. The zero-order chi connectivity index (χ0) is 17.5. The van der Waals surface area contributed by atoms with E-state index in [0.717, 1.165) is 16.7 Å². The van der Waals surface area contributed by atoms with Gasteiger partial charge < -0.3 is 5.32 Å². The van der Waals surface area contributed by atoms with E-state index in [9.17, 15) is 4.79 Å². The fourth-order valence-electron chi connectivity index (χ4n) is 2.47. The van der Waals surface area contributed by atoms with Crippen LogP contribution in [0.15, 0.2) is 73.1 Å². The van der Waals surface area contributed by atoms with Crippen LogP contribution < -0.4 is 5.32 Å². The van der Waals surface area contributed by atoms with Gasteiger partial charge >= 0.3 is 0 Å². The molecule has 0 unspecified atom stereocenters. The third kappa shape index (κ3) is 4.81. The SMILES string of the molecule is O=C(/C=C/c1ccccc1Cl)NCc1ccccc1Cn1cccn1. The monoisotopic (exact) mass is 351 g/mol. The molecule has 0 spiro atoms. The van der Waals surface area contributed by atoms with E-state index >= 15 is 0 Å². The number of nitrogens with one attached hydrogen (secondary N) is 1. The maximum atomic E-state index is 12.1. The van der Waals surface area contributed by atoms with Crippen molar-refractivity contribution in [1.82, 2.24) is 15.1 Å². The molecule has 1 heterocycles. The lowest BCUT2D eigenvalue weighted by Crippen LogP contribution is -2.21. The molecule has 126 valence electrons. The lowest BCUT2D eigenvalue weighted by Gasteiger charge is -2.10. The Morgan fingerprint density at radius 1 is 1.08 bits per heavy atom. The molecule has 1 N–H and O–H groups in total. The summed E-state index contributed by atoms with van der Waals surface area (Å²) >= 11 is 6.08. The minimum Gasteiger partial charge on any atom is -0.348 e. The highest BCUT2D eigenvalue weighted by molar-refractivity contribution is 6.32. The average Bonchev–Trinajstić information content (AvgIpc) is 3.13. The van der Waals surface area contributed by atoms with E-state index in [1.54, 1.807) is 18.3 Å². The largest absolute Gasteiger partial charge is 0.348 e. The first-order valence-electron chi connectivity index (χ1n) is 7.97. The summed E-state index contributed by atoms with van der Waals surface area (Å²) in [6.07, 6.45) is 6.89. The van der Waals surface area contributed by atoms with E-state index < -0.39 is 0 Å². The Morgan fingerprint density at radius 3 is 2.60 bits per heavy atom. The van der Waals surface area contributed by atoms with E-state index in [1.807, 2.05) is 59.4 Å². The minimum atomic E-state index is -0.159. The molecular weight excluding hydrogens is 334 g/mol. The first-order chi connectivity index (χ1) is 12.2. The molecule has 2 aromatic carbocycles. The second-order valence-electron chi connectivity index (χ2n) is 5.55. The number of carbonyl (C=O) groups excluding carboxylic acids is 1. The van der Waals surface area contributed by atoms with Crippen molar-refractivity contribution in [3.8, 4) is 0 Å². The van der Waals surface area contributed by atoms with Gasteiger partial charge in [-0.2, -0.15) is 5.10 Å². The number of amides is 1. The highest BCUT2D eigenvalue weighted by atomic mass is 35.5. The van der Waals surface area contributed by atoms with Crippen LogP contribution >= 0.6 is 11.6 Å². The van der Waals surface area contributed by atoms with Crippen molar-refractivity contribution in [3.63, 3.8) is 0 Å². The Kier molecular flexibility index (Phi) is 5.65. The molecule has 0 bridgehead atoms. The van der Waals surface area contributed by atoms with Crippen LogP contribution in [0.4, 0.5) is 0 Å². The second kappa shape index (κ2) is 8.31.